The molecule has 0 aliphatic heterocycles. The Bertz CT molecular complexity index is 391. The van der Waals surface area contributed by atoms with Crippen LogP contribution in [0.5, 0.6) is 0 Å². The van der Waals surface area contributed by atoms with E-state index in [1.54, 1.807) is 6.20 Å². The first-order chi connectivity index (χ1) is 8.75. The molecule has 2 unspecified atom stereocenters. The zero-order valence-electron chi connectivity index (χ0n) is 11.0. The molecule has 1 amide bonds. The molecule has 1 heterocycles. The van der Waals surface area contributed by atoms with Crippen LogP contribution in [0.15, 0.2) is 12.5 Å². The average Bonchev–Trinajstić information content (AvgIpc) is 2.81. The summed E-state index contributed by atoms with van der Waals surface area (Å²) in [5.41, 5.74) is 16.2. The number of primary amides is 1. The molecule has 108 valence electrons. The van der Waals surface area contributed by atoms with Gasteiger partial charge in [-0.1, -0.05) is 13.8 Å². The van der Waals surface area contributed by atoms with Gasteiger partial charge in [-0.3, -0.25) is 9.59 Å². The fourth-order valence-corrected chi connectivity index (χ4v) is 1.05. The Morgan fingerprint density at radius 3 is 2.26 bits per heavy atom. The molecule has 2 atom stereocenters. The maximum atomic E-state index is 10.3. The summed E-state index contributed by atoms with van der Waals surface area (Å²) < 4.78 is 0. The topological polar surface area (TPSA) is 161 Å². The van der Waals surface area contributed by atoms with E-state index in [1.165, 1.54) is 6.33 Å². The van der Waals surface area contributed by atoms with Gasteiger partial charge in [0.25, 0.3) is 0 Å². The van der Waals surface area contributed by atoms with Gasteiger partial charge in [0.2, 0.25) is 5.91 Å². The molecule has 8 N–H and O–H groups in total. The average molecular weight is 271 g/mol. The van der Waals surface area contributed by atoms with Gasteiger partial charge < -0.3 is 27.3 Å². The first kappa shape index (κ1) is 17.1. The molecule has 1 aromatic rings. The van der Waals surface area contributed by atoms with Crippen LogP contribution >= 0.6 is 0 Å². The molecule has 1 aromatic heterocycles. The van der Waals surface area contributed by atoms with E-state index in [2.05, 4.69) is 9.97 Å². The third-order valence-corrected chi connectivity index (χ3v) is 2.36. The molecule has 0 aliphatic rings. The van der Waals surface area contributed by atoms with Gasteiger partial charge in [-0.25, -0.2) is 4.98 Å². The van der Waals surface area contributed by atoms with E-state index >= 15 is 0 Å². The first-order valence-corrected chi connectivity index (χ1v) is 5.76. The van der Waals surface area contributed by atoms with E-state index < -0.39 is 24.0 Å². The first-order valence-electron chi connectivity index (χ1n) is 5.76. The molecule has 0 fully saturated rings. The Hall–Kier alpha value is -1.93. The fourth-order valence-electron chi connectivity index (χ4n) is 1.05. The van der Waals surface area contributed by atoms with Crippen molar-refractivity contribution >= 4 is 11.9 Å². The molecule has 8 nitrogen and oxygen atoms in total. The van der Waals surface area contributed by atoms with Crippen LogP contribution in [0, 0.1) is 5.92 Å². The maximum Gasteiger partial charge on any atom is 0.320 e. The molecule has 1 rings (SSSR count). The van der Waals surface area contributed by atoms with Crippen LogP contribution in [0.2, 0.25) is 0 Å². The van der Waals surface area contributed by atoms with Crippen molar-refractivity contribution in [1.29, 1.82) is 0 Å². The molecule has 0 aromatic carbocycles. The highest BCUT2D eigenvalue weighted by Gasteiger charge is 2.12. The number of H-pyrrole nitrogens is 1. The van der Waals surface area contributed by atoms with Crippen molar-refractivity contribution in [3.63, 3.8) is 0 Å². The van der Waals surface area contributed by atoms with Gasteiger partial charge >= 0.3 is 5.97 Å². The number of aliphatic carboxylic acids is 1. The lowest BCUT2D eigenvalue weighted by atomic mass is 10.1. The summed E-state index contributed by atoms with van der Waals surface area (Å²) >= 11 is 0. The summed E-state index contributed by atoms with van der Waals surface area (Å²) in [6.07, 6.45) is 3.34. The van der Waals surface area contributed by atoms with E-state index in [-0.39, 0.29) is 12.3 Å². The minimum atomic E-state index is -1.00. The Kier molecular flexibility index (Phi) is 7.39. The zero-order valence-corrected chi connectivity index (χ0v) is 11.0. The van der Waals surface area contributed by atoms with Gasteiger partial charge in [0.1, 0.15) is 6.04 Å². The molecular formula is C11H21N5O3. The van der Waals surface area contributed by atoms with E-state index in [9.17, 15) is 9.59 Å². The second-order valence-electron chi connectivity index (χ2n) is 4.40. The van der Waals surface area contributed by atoms with Gasteiger partial charge in [-0.05, 0) is 5.92 Å². The van der Waals surface area contributed by atoms with Crippen LogP contribution in [0.25, 0.3) is 0 Å². The van der Waals surface area contributed by atoms with Crippen molar-refractivity contribution in [3.8, 4) is 0 Å². The number of imidazole rings is 1. The molecule has 0 saturated heterocycles. The zero-order chi connectivity index (χ0) is 15.0. The van der Waals surface area contributed by atoms with Gasteiger partial charge in [0, 0.05) is 18.3 Å². The van der Waals surface area contributed by atoms with E-state index in [1.807, 2.05) is 13.8 Å². The summed E-state index contributed by atoms with van der Waals surface area (Å²) in [6, 6.07) is -1.34. The second-order valence-corrected chi connectivity index (χ2v) is 4.40. The van der Waals surface area contributed by atoms with Crippen LogP contribution in [-0.2, 0) is 16.0 Å². The number of carboxylic acids is 1. The Morgan fingerprint density at radius 1 is 1.42 bits per heavy atom. The third kappa shape index (κ3) is 7.17. The number of nitrogens with two attached hydrogens (primary N) is 3. The maximum absolute atomic E-state index is 10.3. The minimum Gasteiger partial charge on any atom is -0.480 e. The van der Waals surface area contributed by atoms with Crippen molar-refractivity contribution in [2.45, 2.75) is 32.4 Å². The van der Waals surface area contributed by atoms with Crippen molar-refractivity contribution in [3.05, 3.63) is 18.2 Å². The van der Waals surface area contributed by atoms with Crippen LogP contribution in [0.3, 0.4) is 0 Å². The molecule has 0 aliphatic carbocycles. The van der Waals surface area contributed by atoms with Crippen molar-refractivity contribution in [2.24, 2.45) is 23.1 Å². The predicted octanol–water partition coefficient (Wildman–Crippen LogP) is -1.18. The second kappa shape index (κ2) is 8.22. The summed E-state index contributed by atoms with van der Waals surface area (Å²) in [5.74, 6) is -1.29. The molecular weight excluding hydrogens is 250 g/mol. The van der Waals surface area contributed by atoms with Gasteiger partial charge in [-0.2, -0.15) is 0 Å². The summed E-state index contributed by atoms with van der Waals surface area (Å²) in [5, 5.41) is 8.42. The number of nitrogens with one attached hydrogen (secondary N) is 1. The van der Waals surface area contributed by atoms with Crippen molar-refractivity contribution < 1.29 is 14.7 Å². The van der Waals surface area contributed by atoms with Crippen LogP contribution in [0.4, 0.5) is 0 Å². The number of aromatic nitrogens is 2. The fraction of sp³-hybridized carbons (Fsp3) is 0.545. The molecule has 0 bridgehead atoms. The normalized spacial score (nSPS) is 13.3. The molecule has 0 radical (unpaired) electrons. The standard InChI is InChI=1S/C6H9N3O2.C5H12N2O/c7-5(6(10)11)1-4-2-8-3-9-4;1-3(2)4(6)5(7)8/h2-3,5H,1,7H2,(H,8,9)(H,10,11);3-4H,6H2,1-2H3,(H2,7,8). The van der Waals surface area contributed by atoms with Crippen molar-refractivity contribution in [1.82, 2.24) is 9.97 Å². The van der Waals surface area contributed by atoms with E-state index in [4.69, 9.17) is 22.3 Å². The largest absolute Gasteiger partial charge is 0.480 e. The number of nitrogens with zero attached hydrogens (tertiary/aromatic N) is 1. The van der Waals surface area contributed by atoms with E-state index in [0.717, 1.165) is 5.69 Å². The molecule has 0 spiro atoms. The summed E-state index contributed by atoms with van der Waals surface area (Å²) in [4.78, 5) is 27.0. The number of hydrogen-bond acceptors (Lipinski definition) is 5. The molecule has 0 saturated carbocycles. The highest BCUT2D eigenvalue weighted by molar-refractivity contribution is 5.79. The number of carboxylic acid groups (broad SMARTS) is 1. The quantitative estimate of drug-likeness (QED) is 0.452. The van der Waals surface area contributed by atoms with Crippen LogP contribution in [-0.4, -0.2) is 39.0 Å². The Labute approximate surface area is 111 Å². The highest BCUT2D eigenvalue weighted by Crippen LogP contribution is 1.95. The summed E-state index contributed by atoms with van der Waals surface area (Å²) in [7, 11) is 0. The minimum absolute atomic E-state index is 0.146. The SMILES string of the molecule is CC(C)C(N)C(N)=O.NC(Cc1cnc[nH]1)C(=O)O. The number of hydrogen-bond donors (Lipinski definition) is 5. The Morgan fingerprint density at radius 2 is 2.00 bits per heavy atom. The van der Waals surface area contributed by atoms with Crippen molar-refractivity contribution in [2.75, 3.05) is 0 Å². The molecule has 8 heteroatoms. The lowest BCUT2D eigenvalue weighted by molar-refractivity contribution is -0.138. The number of amides is 1. The van der Waals surface area contributed by atoms with Crippen LogP contribution < -0.4 is 17.2 Å². The van der Waals surface area contributed by atoms with Gasteiger partial charge in [0.15, 0.2) is 0 Å². The highest BCUT2D eigenvalue weighted by atomic mass is 16.4. The monoisotopic (exact) mass is 271 g/mol. The van der Waals surface area contributed by atoms with Gasteiger partial charge in [-0.15, -0.1) is 0 Å². The van der Waals surface area contributed by atoms with Crippen LogP contribution in [0.1, 0.15) is 19.5 Å². The lowest BCUT2D eigenvalue weighted by Gasteiger charge is -2.09. The number of carbonyl (C=O) groups excluding carboxylic acids is 1. The number of carbonyl (C=O) groups is 2. The Balaban J connectivity index is 0.000000362. The third-order valence-electron chi connectivity index (χ3n) is 2.36. The number of aromatic amines is 1. The van der Waals surface area contributed by atoms with E-state index in [0.29, 0.717) is 0 Å². The lowest BCUT2D eigenvalue weighted by Crippen LogP contribution is -2.40. The smallest absolute Gasteiger partial charge is 0.320 e. The predicted molar refractivity (Wildman–Crippen MR) is 69.9 cm³/mol. The van der Waals surface area contributed by atoms with Gasteiger partial charge in [0.05, 0.1) is 12.4 Å². The summed E-state index contributed by atoms with van der Waals surface area (Å²) in [6.45, 7) is 3.71. The molecule has 19 heavy (non-hydrogen) atoms. The number of rotatable bonds is 5.